The summed E-state index contributed by atoms with van der Waals surface area (Å²) in [7, 11) is 0. The Morgan fingerprint density at radius 3 is 2.55 bits per heavy atom. The zero-order valence-electron chi connectivity index (χ0n) is 15.6. The average molecular weight is 415 g/mol. The first kappa shape index (κ1) is 20.4. The van der Waals surface area contributed by atoms with Crippen LogP contribution in [0.25, 0.3) is 11.0 Å². The molecule has 0 unspecified atom stereocenters. The lowest BCUT2D eigenvalue weighted by atomic mass is 10.2. The van der Waals surface area contributed by atoms with E-state index in [1.807, 2.05) is 30.3 Å². The van der Waals surface area contributed by atoms with Gasteiger partial charge in [-0.2, -0.15) is 0 Å². The number of nitrogens with one attached hydrogen (secondary N) is 2. The highest BCUT2D eigenvalue weighted by atomic mass is 35.5. The van der Waals surface area contributed by atoms with Crippen LogP contribution in [0.5, 0.6) is 0 Å². The maximum atomic E-state index is 12.0. The second-order valence-corrected chi connectivity index (χ2v) is 6.76. The van der Waals surface area contributed by atoms with Crippen molar-refractivity contribution in [3.05, 3.63) is 70.9 Å². The zero-order valence-corrected chi connectivity index (χ0v) is 16.4. The fraction of sp³-hybridized carbons (Fsp3) is 0.190. The van der Waals surface area contributed by atoms with Crippen LogP contribution in [-0.2, 0) is 14.3 Å². The topological polar surface area (TPSA) is 97.6 Å². The van der Waals surface area contributed by atoms with E-state index >= 15 is 0 Å². The lowest BCUT2D eigenvalue weighted by Crippen LogP contribution is -2.34. The molecular weight excluding hydrogens is 396 g/mol. The number of para-hydroxylation sites is 1. The van der Waals surface area contributed by atoms with E-state index < -0.39 is 30.4 Å². The maximum Gasteiger partial charge on any atom is 0.325 e. The number of esters is 1. The number of rotatable bonds is 7. The summed E-state index contributed by atoms with van der Waals surface area (Å²) < 4.78 is 10.6. The van der Waals surface area contributed by atoms with Gasteiger partial charge in [-0.1, -0.05) is 29.8 Å². The molecule has 1 heterocycles. The predicted octanol–water partition coefficient (Wildman–Crippen LogP) is 3.24. The van der Waals surface area contributed by atoms with Crippen molar-refractivity contribution < 1.29 is 23.5 Å². The molecule has 2 amide bonds. The van der Waals surface area contributed by atoms with E-state index in [4.69, 9.17) is 20.8 Å². The molecule has 150 valence electrons. The van der Waals surface area contributed by atoms with Crippen LogP contribution in [0.3, 0.4) is 0 Å². The Morgan fingerprint density at radius 1 is 1.10 bits per heavy atom. The SMILES string of the molecule is C[C@H](NC(=O)COC(=O)CNC(=O)c1ccc(Cl)cc1)c1cc2ccccc2o1. The second-order valence-electron chi connectivity index (χ2n) is 6.33. The molecule has 1 aromatic heterocycles. The highest BCUT2D eigenvalue weighted by molar-refractivity contribution is 6.30. The van der Waals surface area contributed by atoms with E-state index in [-0.39, 0.29) is 6.54 Å². The normalized spacial score (nSPS) is 11.7. The van der Waals surface area contributed by atoms with Crippen molar-refractivity contribution in [3.8, 4) is 0 Å². The van der Waals surface area contributed by atoms with Gasteiger partial charge in [-0.3, -0.25) is 14.4 Å². The minimum absolute atomic E-state index is 0.353. The number of furan rings is 1. The smallest absolute Gasteiger partial charge is 0.325 e. The van der Waals surface area contributed by atoms with E-state index in [9.17, 15) is 14.4 Å². The van der Waals surface area contributed by atoms with Gasteiger partial charge >= 0.3 is 5.97 Å². The summed E-state index contributed by atoms with van der Waals surface area (Å²) in [4.78, 5) is 35.7. The third-order valence-corrected chi connectivity index (χ3v) is 4.36. The van der Waals surface area contributed by atoms with Crippen molar-refractivity contribution in [1.82, 2.24) is 10.6 Å². The Morgan fingerprint density at radius 2 is 1.83 bits per heavy atom. The molecule has 1 atom stereocenters. The van der Waals surface area contributed by atoms with E-state index in [0.29, 0.717) is 16.3 Å². The van der Waals surface area contributed by atoms with Gasteiger partial charge in [0.05, 0.1) is 6.04 Å². The number of hydrogen-bond acceptors (Lipinski definition) is 5. The van der Waals surface area contributed by atoms with Gasteiger partial charge in [0.1, 0.15) is 17.9 Å². The number of carbonyl (C=O) groups is 3. The summed E-state index contributed by atoms with van der Waals surface area (Å²) in [6.45, 7) is 0.956. The molecule has 29 heavy (non-hydrogen) atoms. The molecule has 3 aromatic rings. The monoisotopic (exact) mass is 414 g/mol. The Kier molecular flexibility index (Phi) is 6.51. The summed E-state index contributed by atoms with van der Waals surface area (Å²) in [5.74, 6) is -1.04. The first-order chi connectivity index (χ1) is 13.9. The maximum absolute atomic E-state index is 12.0. The number of halogens is 1. The summed E-state index contributed by atoms with van der Waals surface area (Å²) in [6, 6.07) is 15.2. The first-order valence-corrected chi connectivity index (χ1v) is 9.27. The van der Waals surface area contributed by atoms with Crippen LogP contribution >= 0.6 is 11.6 Å². The van der Waals surface area contributed by atoms with Crippen LogP contribution in [0.15, 0.2) is 59.0 Å². The number of hydrogen-bond donors (Lipinski definition) is 2. The van der Waals surface area contributed by atoms with Crippen molar-refractivity contribution in [2.75, 3.05) is 13.2 Å². The summed E-state index contributed by atoms with van der Waals surface area (Å²) >= 11 is 5.76. The number of carbonyl (C=O) groups excluding carboxylic acids is 3. The molecule has 0 aliphatic rings. The van der Waals surface area contributed by atoms with Gasteiger partial charge in [0, 0.05) is 16.0 Å². The van der Waals surface area contributed by atoms with Crippen LogP contribution in [0.1, 0.15) is 29.1 Å². The highest BCUT2D eigenvalue weighted by Gasteiger charge is 2.16. The zero-order chi connectivity index (χ0) is 20.8. The summed E-state index contributed by atoms with van der Waals surface area (Å²) in [6.07, 6.45) is 0. The molecule has 0 fully saturated rings. The fourth-order valence-electron chi connectivity index (χ4n) is 2.62. The minimum Gasteiger partial charge on any atom is -0.459 e. The molecule has 2 aromatic carbocycles. The molecular formula is C21H19ClN2O5. The Labute approximate surface area is 172 Å². The molecule has 0 radical (unpaired) electrons. The standard InChI is InChI=1S/C21H19ClN2O5/c1-13(18-10-15-4-2-3-5-17(15)29-18)24-19(25)12-28-20(26)11-23-21(27)14-6-8-16(22)9-7-14/h2-10,13H,11-12H2,1H3,(H,23,27)(H,24,25)/t13-/m0/s1. The Balaban J connectivity index is 1.41. The molecule has 8 heteroatoms. The molecule has 7 nitrogen and oxygen atoms in total. The van der Waals surface area contributed by atoms with E-state index in [1.54, 1.807) is 19.1 Å². The van der Waals surface area contributed by atoms with Crippen LogP contribution in [0.2, 0.25) is 5.02 Å². The van der Waals surface area contributed by atoms with Gasteiger partial charge in [0.25, 0.3) is 11.8 Å². The average Bonchev–Trinajstić information content (AvgIpc) is 3.15. The fourth-order valence-corrected chi connectivity index (χ4v) is 2.75. The van der Waals surface area contributed by atoms with Crippen molar-refractivity contribution in [2.24, 2.45) is 0 Å². The van der Waals surface area contributed by atoms with Crippen molar-refractivity contribution in [3.63, 3.8) is 0 Å². The van der Waals surface area contributed by atoms with Gasteiger partial charge in [-0.05, 0) is 43.3 Å². The molecule has 0 saturated carbocycles. The third-order valence-electron chi connectivity index (χ3n) is 4.11. The molecule has 3 rings (SSSR count). The van der Waals surface area contributed by atoms with Gasteiger partial charge in [0.15, 0.2) is 6.61 Å². The second kappa shape index (κ2) is 9.25. The number of amides is 2. The summed E-state index contributed by atoms with van der Waals surface area (Å²) in [5, 5.41) is 6.56. The first-order valence-electron chi connectivity index (χ1n) is 8.89. The predicted molar refractivity (Wildman–Crippen MR) is 108 cm³/mol. The number of ether oxygens (including phenoxy) is 1. The van der Waals surface area contributed by atoms with Crippen LogP contribution in [0, 0.1) is 0 Å². The van der Waals surface area contributed by atoms with Crippen molar-refractivity contribution in [2.45, 2.75) is 13.0 Å². The van der Waals surface area contributed by atoms with Crippen molar-refractivity contribution >= 4 is 40.4 Å². The quantitative estimate of drug-likeness (QED) is 0.578. The van der Waals surface area contributed by atoms with E-state index in [0.717, 1.165) is 11.0 Å². The highest BCUT2D eigenvalue weighted by Crippen LogP contribution is 2.23. The Hall–Kier alpha value is -3.32. The Bertz CT molecular complexity index is 996. The minimum atomic E-state index is -0.723. The number of benzene rings is 2. The van der Waals surface area contributed by atoms with Crippen LogP contribution < -0.4 is 10.6 Å². The van der Waals surface area contributed by atoms with Gasteiger partial charge in [0.2, 0.25) is 0 Å². The van der Waals surface area contributed by atoms with E-state index in [2.05, 4.69) is 10.6 Å². The van der Waals surface area contributed by atoms with E-state index in [1.165, 1.54) is 12.1 Å². The molecule has 2 N–H and O–H groups in total. The molecule has 0 spiro atoms. The van der Waals surface area contributed by atoms with Gasteiger partial charge < -0.3 is 19.8 Å². The van der Waals surface area contributed by atoms with Crippen molar-refractivity contribution in [1.29, 1.82) is 0 Å². The molecule has 0 bridgehead atoms. The van der Waals surface area contributed by atoms with Crippen LogP contribution in [0.4, 0.5) is 0 Å². The lowest BCUT2D eigenvalue weighted by molar-refractivity contribution is -0.147. The summed E-state index contributed by atoms with van der Waals surface area (Å²) in [5.41, 5.74) is 1.09. The van der Waals surface area contributed by atoms with Gasteiger partial charge in [-0.25, -0.2) is 0 Å². The number of fused-ring (bicyclic) bond motifs is 1. The van der Waals surface area contributed by atoms with Crippen LogP contribution in [-0.4, -0.2) is 30.9 Å². The van der Waals surface area contributed by atoms with Gasteiger partial charge in [-0.15, -0.1) is 0 Å². The lowest BCUT2D eigenvalue weighted by Gasteiger charge is -2.12. The molecule has 0 aliphatic heterocycles. The molecule has 0 aliphatic carbocycles. The molecule has 0 saturated heterocycles. The largest absolute Gasteiger partial charge is 0.459 e. The third kappa shape index (κ3) is 5.58.